The maximum absolute atomic E-state index is 13.0. The first-order chi connectivity index (χ1) is 23.2. The van der Waals surface area contributed by atoms with Crippen molar-refractivity contribution in [1.29, 1.82) is 0 Å². The van der Waals surface area contributed by atoms with Crippen molar-refractivity contribution in [2.45, 2.75) is 174 Å². The normalized spacial score (nSPS) is 15.8. The van der Waals surface area contributed by atoms with Gasteiger partial charge in [0.05, 0.1) is 6.61 Å². The van der Waals surface area contributed by atoms with Crippen molar-refractivity contribution in [3.8, 4) is 0 Å². The number of carbonyl (C=O) groups is 1. The van der Waals surface area contributed by atoms with Gasteiger partial charge in [-0.1, -0.05) is 140 Å². The summed E-state index contributed by atoms with van der Waals surface area (Å²) in [6.45, 7) is 8.95. The minimum absolute atomic E-state index is 0.0789. The maximum atomic E-state index is 13.0. The van der Waals surface area contributed by atoms with Crippen LogP contribution >= 0.6 is 0 Å². The molecule has 1 aliphatic heterocycles. The van der Waals surface area contributed by atoms with E-state index in [9.17, 15) is 4.79 Å². The molecule has 0 aromatic rings. The van der Waals surface area contributed by atoms with Crippen LogP contribution in [-0.4, -0.2) is 55.7 Å². The molecule has 1 saturated heterocycles. The van der Waals surface area contributed by atoms with Crippen molar-refractivity contribution in [3.63, 3.8) is 0 Å². The SMILES string of the molecule is CCCCCC=CCC=CCCCCCCCCN(CCCCCCCCC=CCC=CCCCCC)C(=O)OCC1CCN(C)C1. The number of hydrogen-bond acceptors (Lipinski definition) is 3. The van der Waals surface area contributed by atoms with E-state index in [-0.39, 0.29) is 6.09 Å². The van der Waals surface area contributed by atoms with E-state index in [4.69, 9.17) is 4.74 Å². The molecule has 0 bridgehead atoms. The summed E-state index contributed by atoms with van der Waals surface area (Å²) in [6.07, 6.45) is 49.7. The molecule has 1 amide bonds. The molecule has 4 nitrogen and oxygen atoms in total. The van der Waals surface area contributed by atoms with Gasteiger partial charge in [-0.05, 0) is 97.1 Å². The van der Waals surface area contributed by atoms with Gasteiger partial charge >= 0.3 is 6.09 Å². The van der Waals surface area contributed by atoms with Gasteiger partial charge in [-0.15, -0.1) is 0 Å². The number of allylic oxidation sites excluding steroid dienone is 8. The molecule has 1 fully saturated rings. The summed E-state index contributed by atoms with van der Waals surface area (Å²) in [5, 5.41) is 0. The second-order valence-corrected chi connectivity index (χ2v) is 14.1. The van der Waals surface area contributed by atoms with Crippen molar-refractivity contribution < 1.29 is 9.53 Å². The lowest BCUT2D eigenvalue weighted by Gasteiger charge is -2.23. The Hall–Kier alpha value is -1.81. The molecule has 0 N–H and O–H groups in total. The standard InChI is InChI=1S/C43H78N2O2/c1-4-6-8-10-12-14-16-18-20-22-24-26-28-30-32-34-37-45(43(46)47-41-42-36-39-44(3)40-42)38-35-33-31-29-27-25-23-21-19-17-15-13-11-9-7-5-2/h12-15,18-21,42H,4-11,16-17,22-41H2,1-3H3. The first-order valence-corrected chi connectivity index (χ1v) is 20.4. The van der Waals surface area contributed by atoms with Crippen LogP contribution in [0.4, 0.5) is 4.79 Å². The predicted octanol–water partition coefficient (Wildman–Crippen LogP) is 13.0. The average Bonchev–Trinajstić information content (AvgIpc) is 3.50. The Labute approximate surface area is 293 Å². The van der Waals surface area contributed by atoms with E-state index in [0.29, 0.717) is 12.5 Å². The highest BCUT2D eigenvalue weighted by atomic mass is 16.6. The lowest BCUT2D eigenvalue weighted by Crippen LogP contribution is -2.34. The molecule has 0 radical (unpaired) electrons. The van der Waals surface area contributed by atoms with Crippen LogP contribution in [0, 0.1) is 5.92 Å². The summed E-state index contributed by atoms with van der Waals surface area (Å²) in [5.41, 5.74) is 0. The van der Waals surface area contributed by atoms with Gasteiger partial charge in [0.2, 0.25) is 0 Å². The zero-order valence-electron chi connectivity index (χ0n) is 31.6. The maximum Gasteiger partial charge on any atom is 0.409 e. The molecule has 0 spiro atoms. The van der Waals surface area contributed by atoms with E-state index in [1.807, 2.05) is 4.90 Å². The second-order valence-electron chi connectivity index (χ2n) is 14.1. The van der Waals surface area contributed by atoms with Gasteiger partial charge in [0.15, 0.2) is 0 Å². The molecule has 1 heterocycles. The predicted molar refractivity (Wildman–Crippen MR) is 207 cm³/mol. The molecule has 1 rings (SSSR count). The number of carbonyl (C=O) groups excluding carboxylic acids is 1. The summed E-state index contributed by atoms with van der Waals surface area (Å²) in [4.78, 5) is 17.4. The van der Waals surface area contributed by atoms with E-state index in [1.54, 1.807) is 0 Å². The lowest BCUT2D eigenvalue weighted by molar-refractivity contribution is 0.0873. The van der Waals surface area contributed by atoms with Crippen molar-refractivity contribution in [2.24, 2.45) is 5.92 Å². The number of likely N-dealkylation sites (tertiary alicyclic amines) is 1. The van der Waals surface area contributed by atoms with Crippen LogP contribution in [0.5, 0.6) is 0 Å². The summed E-state index contributed by atoms with van der Waals surface area (Å²) >= 11 is 0. The number of ether oxygens (including phenoxy) is 1. The van der Waals surface area contributed by atoms with Gasteiger partial charge in [-0.2, -0.15) is 0 Å². The molecule has 272 valence electrons. The Bertz CT molecular complexity index is 754. The van der Waals surface area contributed by atoms with E-state index < -0.39 is 0 Å². The van der Waals surface area contributed by atoms with Gasteiger partial charge < -0.3 is 14.5 Å². The van der Waals surface area contributed by atoms with E-state index >= 15 is 0 Å². The monoisotopic (exact) mass is 655 g/mol. The van der Waals surface area contributed by atoms with E-state index in [2.05, 4.69) is 74.4 Å². The summed E-state index contributed by atoms with van der Waals surface area (Å²) < 4.78 is 5.83. The summed E-state index contributed by atoms with van der Waals surface area (Å²) in [5.74, 6) is 0.495. The lowest BCUT2D eigenvalue weighted by atomic mass is 10.1. The van der Waals surface area contributed by atoms with Gasteiger partial charge in [0.25, 0.3) is 0 Å². The topological polar surface area (TPSA) is 32.8 Å². The highest BCUT2D eigenvalue weighted by Gasteiger charge is 2.22. The van der Waals surface area contributed by atoms with E-state index in [0.717, 1.165) is 58.3 Å². The smallest absolute Gasteiger partial charge is 0.409 e. The zero-order valence-corrected chi connectivity index (χ0v) is 31.6. The third-order valence-corrected chi connectivity index (χ3v) is 9.45. The van der Waals surface area contributed by atoms with Crippen molar-refractivity contribution >= 4 is 6.09 Å². The zero-order chi connectivity index (χ0) is 33.9. The number of hydrogen-bond donors (Lipinski definition) is 0. The van der Waals surface area contributed by atoms with Gasteiger partial charge in [-0.25, -0.2) is 4.79 Å². The molecule has 4 heteroatoms. The third kappa shape index (κ3) is 28.9. The largest absolute Gasteiger partial charge is 0.449 e. The Morgan fingerprint density at radius 2 is 1.00 bits per heavy atom. The molecule has 0 aromatic heterocycles. The summed E-state index contributed by atoms with van der Waals surface area (Å²) in [7, 11) is 2.16. The van der Waals surface area contributed by atoms with Crippen LogP contribution < -0.4 is 0 Å². The van der Waals surface area contributed by atoms with Crippen LogP contribution in [0.25, 0.3) is 0 Å². The number of nitrogens with zero attached hydrogens (tertiary/aromatic N) is 2. The molecular formula is C43H78N2O2. The minimum Gasteiger partial charge on any atom is -0.449 e. The fourth-order valence-corrected chi connectivity index (χ4v) is 6.32. The molecular weight excluding hydrogens is 576 g/mol. The highest BCUT2D eigenvalue weighted by Crippen LogP contribution is 2.16. The Balaban J connectivity index is 2.16. The van der Waals surface area contributed by atoms with E-state index in [1.165, 1.54) is 128 Å². The van der Waals surface area contributed by atoms with Crippen molar-refractivity contribution in [2.75, 3.05) is 39.8 Å². The fourth-order valence-electron chi connectivity index (χ4n) is 6.32. The molecule has 0 saturated carbocycles. The number of unbranched alkanes of at least 4 members (excludes halogenated alkanes) is 18. The minimum atomic E-state index is -0.0789. The van der Waals surface area contributed by atoms with Gasteiger partial charge in [-0.3, -0.25) is 0 Å². The Morgan fingerprint density at radius 3 is 1.40 bits per heavy atom. The van der Waals surface area contributed by atoms with Crippen molar-refractivity contribution in [3.05, 3.63) is 48.6 Å². The Morgan fingerprint density at radius 1 is 0.596 bits per heavy atom. The van der Waals surface area contributed by atoms with Crippen LogP contribution in [-0.2, 0) is 4.74 Å². The molecule has 1 unspecified atom stereocenters. The quantitative estimate of drug-likeness (QED) is 0.0534. The fraction of sp³-hybridized carbons (Fsp3) is 0.791. The van der Waals surface area contributed by atoms with Crippen molar-refractivity contribution in [1.82, 2.24) is 9.80 Å². The average molecular weight is 655 g/mol. The number of amides is 1. The van der Waals surface area contributed by atoms with Crippen LogP contribution in [0.15, 0.2) is 48.6 Å². The van der Waals surface area contributed by atoms with Crippen LogP contribution in [0.2, 0.25) is 0 Å². The third-order valence-electron chi connectivity index (χ3n) is 9.45. The second kappa shape index (κ2) is 34.1. The first-order valence-electron chi connectivity index (χ1n) is 20.4. The Kier molecular flexibility index (Phi) is 31.3. The molecule has 0 aliphatic carbocycles. The molecule has 1 atom stereocenters. The molecule has 0 aromatic carbocycles. The highest BCUT2D eigenvalue weighted by molar-refractivity contribution is 5.67. The van der Waals surface area contributed by atoms with Gasteiger partial charge in [0, 0.05) is 25.6 Å². The summed E-state index contributed by atoms with van der Waals surface area (Å²) in [6, 6.07) is 0. The molecule has 47 heavy (non-hydrogen) atoms. The number of rotatable bonds is 32. The first kappa shape index (κ1) is 43.2. The molecule has 1 aliphatic rings. The van der Waals surface area contributed by atoms with Crippen LogP contribution in [0.3, 0.4) is 0 Å². The van der Waals surface area contributed by atoms with Gasteiger partial charge in [0.1, 0.15) is 0 Å². The van der Waals surface area contributed by atoms with Crippen LogP contribution in [0.1, 0.15) is 174 Å².